The number of methoxy groups -OCH3 is 1. The van der Waals surface area contributed by atoms with E-state index in [4.69, 9.17) is 4.74 Å². The first-order chi connectivity index (χ1) is 7.63. The zero-order valence-corrected chi connectivity index (χ0v) is 11.9. The lowest BCUT2D eigenvalue weighted by molar-refractivity contribution is 0.105. The summed E-state index contributed by atoms with van der Waals surface area (Å²) in [7, 11) is 1.80. The molecule has 16 heavy (non-hydrogen) atoms. The number of hydrogen-bond acceptors (Lipinski definition) is 2. The molecule has 0 saturated heterocycles. The first kappa shape index (κ1) is 15.9. The molecule has 0 rings (SSSR count). The highest BCUT2D eigenvalue weighted by atomic mass is 16.5. The fourth-order valence-electron chi connectivity index (χ4n) is 2.24. The van der Waals surface area contributed by atoms with Crippen LogP contribution in [-0.2, 0) is 4.74 Å². The molecule has 0 aromatic rings. The van der Waals surface area contributed by atoms with Crippen molar-refractivity contribution in [3.05, 3.63) is 0 Å². The molecule has 0 fully saturated rings. The van der Waals surface area contributed by atoms with Gasteiger partial charge in [-0.2, -0.15) is 0 Å². The Kier molecular flexibility index (Phi) is 10.0. The summed E-state index contributed by atoms with van der Waals surface area (Å²) in [6.45, 7) is 10.1. The lowest BCUT2D eigenvalue weighted by atomic mass is 9.94. The summed E-state index contributed by atoms with van der Waals surface area (Å²) in [5.41, 5.74) is 0. The fourth-order valence-corrected chi connectivity index (χ4v) is 2.24. The second-order valence-electron chi connectivity index (χ2n) is 5.01. The van der Waals surface area contributed by atoms with Gasteiger partial charge in [0.1, 0.15) is 0 Å². The summed E-state index contributed by atoms with van der Waals surface area (Å²) >= 11 is 0. The lowest BCUT2D eigenvalue weighted by Gasteiger charge is -2.22. The Hall–Kier alpha value is -0.0800. The van der Waals surface area contributed by atoms with Gasteiger partial charge in [0.2, 0.25) is 0 Å². The predicted molar refractivity (Wildman–Crippen MR) is 71.9 cm³/mol. The summed E-state index contributed by atoms with van der Waals surface area (Å²) in [5, 5.41) is 3.60. The first-order valence-electron chi connectivity index (χ1n) is 6.90. The van der Waals surface area contributed by atoms with Crippen LogP contribution in [0.2, 0.25) is 0 Å². The number of ether oxygens (including phenoxy) is 1. The summed E-state index contributed by atoms with van der Waals surface area (Å²) in [4.78, 5) is 0. The van der Waals surface area contributed by atoms with E-state index in [9.17, 15) is 0 Å². The van der Waals surface area contributed by atoms with Crippen molar-refractivity contribution < 1.29 is 4.74 Å². The van der Waals surface area contributed by atoms with Crippen LogP contribution in [0.1, 0.15) is 59.8 Å². The highest BCUT2D eigenvalue weighted by molar-refractivity contribution is 4.71. The van der Waals surface area contributed by atoms with E-state index >= 15 is 0 Å². The molecule has 0 radical (unpaired) electrons. The van der Waals surface area contributed by atoms with Crippen molar-refractivity contribution in [3.8, 4) is 0 Å². The fraction of sp³-hybridized carbons (Fsp3) is 1.00. The molecule has 0 aliphatic carbocycles. The van der Waals surface area contributed by atoms with Crippen LogP contribution in [0.4, 0.5) is 0 Å². The second-order valence-corrected chi connectivity index (χ2v) is 5.01. The van der Waals surface area contributed by atoms with Gasteiger partial charge in [0.25, 0.3) is 0 Å². The summed E-state index contributed by atoms with van der Waals surface area (Å²) in [6.07, 6.45) is 6.74. The molecule has 0 aromatic heterocycles. The third-order valence-corrected chi connectivity index (χ3v) is 3.29. The lowest BCUT2D eigenvalue weighted by Crippen LogP contribution is -2.31. The molecule has 0 aliphatic rings. The topological polar surface area (TPSA) is 21.3 Å². The largest absolute Gasteiger partial charge is 0.382 e. The van der Waals surface area contributed by atoms with E-state index in [0.717, 1.165) is 18.9 Å². The van der Waals surface area contributed by atoms with Gasteiger partial charge in [-0.3, -0.25) is 0 Å². The molecule has 0 spiro atoms. The Morgan fingerprint density at radius 2 is 1.75 bits per heavy atom. The molecule has 0 aliphatic heterocycles. The molecular formula is C14H31NO. The van der Waals surface area contributed by atoms with Crippen molar-refractivity contribution in [1.29, 1.82) is 0 Å². The quantitative estimate of drug-likeness (QED) is 0.618. The normalized spacial score (nSPS) is 17.1. The van der Waals surface area contributed by atoms with E-state index in [1.807, 2.05) is 0 Å². The molecule has 1 N–H and O–H groups in total. The van der Waals surface area contributed by atoms with Crippen molar-refractivity contribution in [3.63, 3.8) is 0 Å². The van der Waals surface area contributed by atoms with E-state index in [1.165, 1.54) is 25.7 Å². The van der Waals surface area contributed by atoms with E-state index in [-0.39, 0.29) is 0 Å². The molecule has 0 bridgehead atoms. The molecule has 3 unspecified atom stereocenters. The average Bonchev–Trinajstić information content (AvgIpc) is 2.26. The molecule has 98 valence electrons. The third-order valence-electron chi connectivity index (χ3n) is 3.29. The van der Waals surface area contributed by atoms with Crippen LogP contribution in [-0.4, -0.2) is 25.8 Å². The van der Waals surface area contributed by atoms with E-state index < -0.39 is 0 Å². The van der Waals surface area contributed by atoms with Crippen LogP contribution in [0.3, 0.4) is 0 Å². The standard InChI is InChI=1S/C14H31NO/c1-6-8-12(3)11-14(15-7-2)10-9-13(4)16-5/h12-15H,6-11H2,1-5H3. The monoisotopic (exact) mass is 229 g/mol. The van der Waals surface area contributed by atoms with Crippen molar-refractivity contribution in [2.45, 2.75) is 71.9 Å². The van der Waals surface area contributed by atoms with Gasteiger partial charge in [0, 0.05) is 13.2 Å². The highest BCUT2D eigenvalue weighted by Gasteiger charge is 2.13. The van der Waals surface area contributed by atoms with Crippen LogP contribution in [0.15, 0.2) is 0 Å². The van der Waals surface area contributed by atoms with Gasteiger partial charge in [-0.25, -0.2) is 0 Å². The van der Waals surface area contributed by atoms with E-state index in [1.54, 1.807) is 7.11 Å². The van der Waals surface area contributed by atoms with Gasteiger partial charge in [0.05, 0.1) is 6.10 Å². The molecule has 0 amide bonds. The van der Waals surface area contributed by atoms with Crippen molar-refractivity contribution in [2.24, 2.45) is 5.92 Å². The Morgan fingerprint density at radius 1 is 1.06 bits per heavy atom. The molecule has 0 saturated carbocycles. The minimum absolute atomic E-state index is 0.391. The summed E-state index contributed by atoms with van der Waals surface area (Å²) in [6, 6.07) is 0.671. The maximum Gasteiger partial charge on any atom is 0.0543 e. The van der Waals surface area contributed by atoms with Crippen molar-refractivity contribution >= 4 is 0 Å². The van der Waals surface area contributed by atoms with Crippen LogP contribution in [0.25, 0.3) is 0 Å². The molecule has 0 aromatic carbocycles. The first-order valence-corrected chi connectivity index (χ1v) is 6.90. The zero-order valence-electron chi connectivity index (χ0n) is 11.9. The summed E-state index contributed by atoms with van der Waals surface area (Å²) in [5.74, 6) is 0.840. The second kappa shape index (κ2) is 10.1. The van der Waals surface area contributed by atoms with E-state index in [2.05, 4.69) is 33.0 Å². The van der Waals surface area contributed by atoms with Crippen molar-refractivity contribution in [1.82, 2.24) is 5.32 Å². The molecule has 3 atom stereocenters. The minimum Gasteiger partial charge on any atom is -0.382 e. The highest BCUT2D eigenvalue weighted by Crippen LogP contribution is 2.16. The Labute approximate surface area is 102 Å². The van der Waals surface area contributed by atoms with Gasteiger partial charge >= 0.3 is 0 Å². The van der Waals surface area contributed by atoms with Crippen LogP contribution in [0, 0.1) is 5.92 Å². The average molecular weight is 229 g/mol. The van der Waals surface area contributed by atoms with Gasteiger partial charge < -0.3 is 10.1 Å². The maximum atomic E-state index is 5.30. The van der Waals surface area contributed by atoms with Crippen molar-refractivity contribution in [2.75, 3.05) is 13.7 Å². The van der Waals surface area contributed by atoms with Gasteiger partial charge in [-0.05, 0) is 38.6 Å². The number of hydrogen-bond donors (Lipinski definition) is 1. The van der Waals surface area contributed by atoms with Gasteiger partial charge in [0.15, 0.2) is 0 Å². The van der Waals surface area contributed by atoms with Gasteiger partial charge in [-0.1, -0.05) is 33.6 Å². The maximum absolute atomic E-state index is 5.30. The Bertz CT molecular complexity index is 150. The zero-order chi connectivity index (χ0) is 12.4. The molecular weight excluding hydrogens is 198 g/mol. The van der Waals surface area contributed by atoms with Crippen LogP contribution < -0.4 is 5.32 Å². The van der Waals surface area contributed by atoms with Gasteiger partial charge in [-0.15, -0.1) is 0 Å². The number of rotatable bonds is 10. The molecule has 2 nitrogen and oxygen atoms in total. The van der Waals surface area contributed by atoms with Crippen LogP contribution in [0.5, 0.6) is 0 Å². The molecule has 2 heteroatoms. The minimum atomic E-state index is 0.391. The van der Waals surface area contributed by atoms with E-state index in [0.29, 0.717) is 12.1 Å². The van der Waals surface area contributed by atoms with Crippen LogP contribution >= 0.6 is 0 Å². The summed E-state index contributed by atoms with van der Waals surface area (Å²) < 4.78 is 5.30. The molecule has 0 heterocycles. The predicted octanol–water partition coefficient (Wildman–Crippen LogP) is 3.61. The third kappa shape index (κ3) is 8.12. The number of nitrogens with one attached hydrogen (secondary N) is 1. The Morgan fingerprint density at radius 3 is 2.25 bits per heavy atom. The smallest absolute Gasteiger partial charge is 0.0543 e. The Balaban J connectivity index is 3.86. The SMILES string of the molecule is CCCC(C)CC(CCC(C)OC)NCC.